The van der Waals surface area contributed by atoms with Crippen molar-refractivity contribution in [3.8, 4) is 0 Å². The van der Waals surface area contributed by atoms with E-state index in [9.17, 15) is 0 Å². The SMILES string of the molecule is CCCC1(CCC)CCC2(CCN(C3CC4CCC4C3)C2)CC1.CCCC1(CCC)CCC2(CCN(C3CCNC3)C2)CC1. The van der Waals surface area contributed by atoms with Crippen LogP contribution in [0.1, 0.15) is 175 Å². The van der Waals surface area contributed by atoms with Crippen molar-refractivity contribution in [2.45, 2.75) is 187 Å². The molecule has 7 fully saturated rings. The maximum Gasteiger partial charge on any atom is 0.0232 e. The Labute approximate surface area is 274 Å². The van der Waals surface area contributed by atoms with Gasteiger partial charge in [-0.1, -0.05) is 53.4 Å². The van der Waals surface area contributed by atoms with Gasteiger partial charge in [0.15, 0.2) is 0 Å². The largest absolute Gasteiger partial charge is 0.315 e. The van der Waals surface area contributed by atoms with Gasteiger partial charge in [-0.3, -0.25) is 9.80 Å². The predicted molar refractivity (Wildman–Crippen MR) is 189 cm³/mol. The second-order valence-corrected chi connectivity index (χ2v) is 18.3. The van der Waals surface area contributed by atoms with Gasteiger partial charge in [0, 0.05) is 31.7 Å². The van der Waals surface area contributed by atoms with Gasteiger partial charge < -0.3 is 5.32 Å². The predicted octanol–water partition coefficient (Wildman–Crippen LogP) is 10.2. The van der Waals surface area contributed by atoms with Crippen LogP contribution >= 0.6 is 0 Å². The molecule has 0 amide bonds. The summed E-state index contributed by atoms with van der Waals surface area (Å²) >= 11 is 0. The summed E-state index contributed by atoms with van der Waals surface area (Å²) in [5, 5.41) is 3.55. The summed E-state index contributed by atoms with van der Waals surface area (Å²) in [6.07, 6.45) is 34.3. The fraction of sp³-hybridized carbons (Fsp3) is 1.00. The highest BCUT2D eigenvalue weighted by atomic mass is 15.2. The average Bonchev–Trinajstić information content (AvgIpc) is 3.82. The number of hydrogen-bond acceptors (Lipinski definition) is 3. The highest BCUT2D eigenvalue weighted by Crippen LogP contribution is 2.56. The van der Waals surface area contributed by atoms with Crippen LogP contribution < -0.4 is 5.32 Å². The Kier molecular flexibility index (Phi) is 11.2. The van der Waals surface area contributed by atoms with E-state index in [2.05, 4.69) is 42.8 Å². The lowest BCUT2D eigenvalue weighted by molar-refractivity contribution is 0.0608. The van der Waals surface area contributed by atoms with Crippen LogP contribution in [0.5, 0.6) is 0 Å². The number of fused-ring (bicyclic) bond motifs is 1. The Morgan fingerprint density at radius 2 is 0.955 bits per heavy atom. The van der Waals surface area contributed by atoms with E-state index in [-0.39, 0.29) is 0 Å². The Morgan fingerprint density at radius 3 is 1.32 bits per heavy atom. The van der Waals surface area contributed by atoms with Gasteiger partial charge in [-0.25, -0.2) is 0 Å². The van der Waals surface area contributed by atoms with Crippen molar-refractivity contribution < 1.29 is 0 Å². The molecule has 4 aliphatic carbocycles. The van der Waals surface area contributed by atoms with Gasteiger partial charge in [0.25, 0.3) is 0 Å². The molecule has 3 atom stereocenters. The molecule has 3 nitrogen and oxygen atoms in total. The highest BCUT2D eigenvalue weighted by molar-refractivity contribution is 5.03. The fourth-order valence-corrected chi connectivity index (χ4v) is 12.7. The van der Waals surface area contributed by atoms with Crippen LogP contribution in [0.2, 0.25) is 0 Å². The summed E-state index contributed by atoms with van der Waals surface area (Å²) < 4.78 is 0. The molecule has 0 radical (unpaired) electrons. The van der Waals surface area contributed by atoms with Crippen LogP contribution in [0.3, 0.4) is 0 Å². The molecule has 3 saturated heterocycles. The molecule has 1 N–H and O–H groups in total. The standard InChI is InChI=1S/C22H39N.C19H36N2/c1-3-7-21(8-4-2)9-11-22(12-10-21)13-14-23(17-22)20-15-18-5-6-19(18)16-20;1-3-6-18(7-4-2)8-10-19(11-9-18)12-14-21(16-19)17-5-13-20-15-17/h18-20H,3-17H2,1-2H3;17,20H,3-16H2,1-2H3. The Hall–Kier alpha value is -0.120. The van der Waals surface area contributed by atoms with Crippen molar-refractivity contribution in [1.82, 2.24) is 15.1 Å². The lowest BCUT2D eigenvalue weighted by Gasteiger charge is -2.45. The first-order chi connectivity index (χ1) is 21.4. The summed E-state index contributed by atoms with van der Waals surface area (Å²) in [6.45, 7) is 17.7. The average molecular weight is 610 g/mol. The van der Waals surface area contributed by atoms with Gasteiger partial charge in [-0.2, -0.15) is 0 Å². The van der Waals surface area contributed by atoms with Crippen LogP contribution in [0.15, 0.2) is 0 Å². The first-order valence-corrected chi connectivity index (χ1v) is 20.6. The number of likely N-dealkylation sites (tertiary alicyclic amines) is 2. The number of nitrogens with zero attached hydrogens (tertiary/aromatic N) is 2. The smallest absolute Gasteiger partial charge is 0.0232 e. The molecule has 7 aliphatic rings. The normalized spacial score (nSPS) is 35.5. The zero-order chi connectivity index (χ0) is 30.7. The maximum atomic E-state index is 3.55. The molecule has 0 aromatic heterocycles. The Morgan fingerprint density at radius 1 is 0.523 bits per heavy atom. The van der Waals surface area contributed by atoms with Gasteiger partial charge in [0.05, 0.1) is 0 Å². The van der Waals surface area contributed by atoms with E-state index in [0.717, 1.165) is 40.2 Å². The van der Waals surface area contributed by atoms with Crippen LogP contribution in [-0.2, 0) is 0 Å². The minimum absolute atomic E-state index is 0.702. The second kappa shape index (κ2) is 14.6. The van der Waals surface area contributed by atoms with Gasteiger partial charge in [-0.05, 0) is 175 Å². The minimum Gasteiger partial charge on any atom is -0.315 e. The van der Waals surface area contributed by atoms with E-state index in [1.54, 1.807) is 51.4 Å². The fourth-order valence-electron chi connectivity index (χ4n) is 12.7. The maximum absolute atomic E-state index is 3.55. The zero-order valence-corrected chi connectivity index (χ0v) is 30.2. The van der Waals surface area contributed by atoms with Crippen molar-refractivity contribution in [2.75, 3.05) is 39.3 Å². The molecular formula is C41H75N3. The van der Waals surface area contributed by atoms with Crippen molar-refractivity contribution in [3.05, 3.63) is 0 Å². The topological polar surface area (TPSA) is 18.5 Å². The molecule has 4 saturated carbocycles. The monoisotopic (exact) mass is 610 g/mol. The molecule has 0 aromatic rings. The van der Waals surface area contributed by atoms with Crippen molar-refractivity contribution in [2.24, 2.45) is 33.5 Å². The molecule has 7 rings (SSSR count). The molecule has 0 aromatic carbocycles. The van der Waals surface area contributed by atoms with Crippen molar-refractivity contribution >= 4 is 0 Å². The van der Waals surface area contributed by atoms with Gasteiger partial charge in [0.2, 0.25) is 0 Å². The molecule has 2 spiro atoms. The van der Waals surface area contributed by atoms with E-state index in [1.165, 1.54) is 136 Å². The summed E-state index contributed by atoms with van der Waals surface area (Å²) in [7, 11) is 0. The molecule has 3 heteroatoms. The molecular weight excluding hydrogens is 534 g/mol. The zero-order valence-electron chi connectivity index (χ0n) is 30.2. The van der Waals surface area contributed by atoms with Crippen LogP contribution in [-0.4, -0.2) is 61.2 Å². The third kappa shape index (κ3) is 7.31. The summed E-state index contributed by atoms with van der Waals surface area (Å²) in [4.78, 5) is 5.78. The van der Waals surface area contributed by atoms with E-state index in [4.69, 9.17) is 0 Å². The third-order valence-corrected chi connectivity index (χ3v) is 15.6. The van der Waals surface area contributed by atoms with Crippen molar-refractivity contribution in [1.29, 1.82) is 0 Å². The summed E-state index contributed by atoms with van der Waals surface area (Å²) in [5.41, 5.74) is 2.88. The molecule has 3 aliphatic heterocycles. The van der Waals surface area contributed by atoms with Crippen LogP contribution in [0.25, 0.3) is 0 Å². The van der Waals surface area contributed by atoms with Crippen LogP contribution in [0.4, 0.5) is 0 Å². The van der Waals surface area contributed by atoms with Gasteiger partial charge in [-0.15, -0.1) is 0 Å². The third-order valence-electron chi connectivity index (χ3n) is 15.6. The number of hydrogen-bond donors (Lipinski definition) is 1. The minimum atomic E-state index is 0.702. The number of nitrogens with one attached hydrogen (secondary N) is 1. The summed E-state index contributed by atoms with van der Waals surface area (Å²) in [6, 6.07) is 1.83. The van der Waals surface area contributed by atoms with E-state index in [1.807, 2.05) is 0 Å². The van der Waals surface area contributed by atoms with E-state index in [0.29, 0.717) is 5.41 Å². The quantitative estimate of drug-likeness (QED) is 0.266. The van der Waals surface area contributed by atoms with Gasteiger partial charge in [0.1, 0.15) is 0 Å². The molecule has 3 heterocycles. The Bertz CT molecular complexity index is 846. The van der Waals surface area contributed by atoms with Crippen LogP contribution in [0, 0.1) is 33.5 Å². The lowest BCUT2D eigenvalue weighted by Crippen LogP contribution is -2.40. The first kappa shape index (κ1) is 33.8. The first-order valence-electron chi connectivity index (χ1n) is 20.6. The molecule has 254 valence electrons. The molecule has 44 heavy (non-hydrogen) atoms. The Balaban J connectivity index is 0.000000157. The lowest BCUT2D eigenvalue weighted by atomic mass is 9.60. The second-order valence-electron chi connectivity index (χ2n) is 18.3. The van der Waals surface area contributed by atoms with E-state index < -0.39 is 0 Å². The molecule has 3 unspecified atom stereocenters. The highest BCUT2D eigenvalue weighted by Gasteiger charge is 2.50. The summed E-state index contributed by atoms with van der Waals surface area (Å²) in [5.74, 6) is 2.26. The molecule has 0 bridgehead atoms. The van der Waals surface area contributed by atoms with Crippen molar-refractivity contribution in [3.63, 3.8) is 0 Å². The van der Waals surface area contributed by atoms with Gasteiger partial charge >= 0.3 is 0 Å². The number of rotatable bonds is 10. The van der Waals surface area contributed by atoms with E-state index >= 15 is 0 Å².